The van der Waals surface area contributed by atoms with Gasteiger partial charge in [0.2, 0.25) is 5.88 Å². The van der Waals surface area contributed by atoms with E-state index in [9.17, 15) is 13.2 Å². The highest BCUT2D eigenvalue weighted by molar-refractivity contribution is 5.06. The number of aromatic amines is 1. The maximum Gasteiger partial charge on any atom is 0.425 e. The average molecular weight is 220 g/mol. The van der Waals surface area contributed by atoms with Crippen LogP contribution < -0.4 is 4.74 Å². The number of nitrogens with zero attached hydrogens (tertiary/aromatic N) is 1. The summed E-state index contributed by atoms with van der Waals surface area (Å²) in [6.07, 6.45) is -2.63. The van der Waals surface area contributed by atoms with Crippen molar-refractivity contribution in [3.05, 3.63) is 12.3 Å². The Balaban J connectivity index is 2.05. The normalized spacial score (nSPS) is 19.7. The standard InChI is InChI=1S/C9H11F3N2O/c10-9(11,12)8(6-2-1-3-6)15-7-4-5-13-14-7/h4-6,8H,1-3H2,(H,13,14). The van der Waals surface area contributed by atoms with E-state index >= 15 is 0 Å². The second kappa shape index (κ2) is 3.75. The van der Waals surface area contributed by atoms with E-state index in [-0.39, 0.29) is 5.88 Å². The molecule has 0 aliphatic heterocycles. The van der Waals surface area contributed by atoms with Crippen LogP contribution in [0.2, 0.25) is 0 Å². The van der Waals surface area contributed by atoms with E-state index in [2.05, 4.69) is 10.2 Å². The predicted octanol–water partition coefficient (Wildman–Crippen LogP) is 2.52. The molecular weight excluding hydrogens is 209 g/mol. The van der Waals surface area contributed by atoms with Gasteiger partial charge in [-0.05, 0) is 12.8 Å². The summed E-state index contributed by atoms with van der Waals surface area (Å²) in [6.45, 7) is 0. The highest BCUT2D eigenvalue weighted by Crippen LogP contribution is 2.39. The third kappa shape index (κ3) is 2.24. The van der Waals surface area contributed by atoms with Crippen LogP contribution in [0.25, 0.3) is 0 Å². The number of rotatable bonds is 3. The van der Waals surface area contributed by atoms with Crippen LogP contribution in [0.15, 0.2) is 12.3 Å². The van der Waals surface area contributed by atoms with Crippen LogP contribution in [0.3, 0.4) is 0 Å². The maximum absolute atomic E-state index is 12.6. The van der Waals surface area contributed by atoms with Crippen LogP contribution in [-0.4, -0.2) is 22.5 Å². The molecule has 6 heteroatoms. The molecule has 1 N–H and O–H groups in total. The van der Waals surface area contributed by atoms with Crippen molar-refractivity contribution in [1.29, 1.82) is 0 Å². The number of halogens is 3. The lowest BCUT2D eigenvalue weighted by molar-refractivity contribution is -0.218. The third-order valence-corrected chi connectivity index (χ3v) is 2.63. The highest BCUT2D eigenvalue weighted by atomic mass is 19.4. The van der Waals surface area contributed by atoms with Gasteiger partial charge in [-0.1, -0.05) is 6.42 Å². The number of alkyl halides is 3. The highest BCUT2D eigenvalue weighted by Gasteiger charge is 2.48. The quantitative estimate of drug-likeness (QED) is 0.849. The first kappa shape index (κ1) is 10.3. The van der Waals surface area contributed by atoms with Crippen molar-refractivity contribution < 1.29 is 17.9 Å². The van der Waals surface area contributed by atoms with Crippen molar-refractivity contribution >= 4 is 0 Å². The molecule has 0 amide bonds. The van der Waals surface area contributed by atoms with Gasteiger partial charge in [0, 0.05) is 12.0 Å². The van der Waals surface area contributed by atoms with Crippen molar-refractivity contribution in [3.63, 3.8) is 0 Å². The van der Waals surface area contributed by atoms with Gasteiger partial charge in [0.15, 0.2) is 6.10 Å². The van der Waals surface area contributed by atoms with Crippen molar-refractivity contribution in [3.8, 4) is 5.88 Å². The summed E-state index contributed by atoms with van der Waals surface area (Å²) in [6, 6.07) is 1.39. The molecule has 1 unspecified atom stereocenters. The van der Waals surface area contributed by atoms with Crippen LogP contribution in [-0.2, 0) is 0 Å². The Morgan fingerprint density at radius 3 is 2.60 bits per heavy atom. The molecule has 15 heavy (non-hydrogen) atoms. The monoisotopic (exact) mass is 220 g/mol. The Morgan fingerprint density at radius 1 is 1.47 bits per heavy atom. The summed E-state index contributed by atoms with van der Waals surface area (Å²) >= 11 is 0. The first-order valence-corrected chi connectivity index (χ1v) is 4.80. The molecule has 1 atom stereocenters. The van der Waals surface area contributed by atoms with E-state index in [1.807, 2.05) is 0 Å². The number of H-pyrrole nitrogens is 1. The van der Waals surface area contributed by atoms with E-state index in [4.69, 9.17) is 4.74 Å². The zero-order valence-corrected chi connectivity index (χ0v) is 7.92. The van der Waals surface area contributed by atoms with E-state index in [1.165, 1.54) is 12.3 Å². The van der Waals surface area contributed by atoms with Crippen LogP contribution in [0.4, 0.5) is 13.2 Å². The molecule has 0 radical (unpaired) electrons. The summed E-state index contributed by atoms with van der Waals surface area (Å²) in [4.78, 5) is 0. The van der Waals surface area contributed by atoms with Gasteiger partial charge in [-0.15, -0.1) is 0 Å². The molecule has 0 saturated heterocycles. The number of hydrogen-bond donors (Lipinski definition) is 1. The number of aromatic nitrogens is 2. The number of ether oxygens (including phenoxy) is 1. The van der Waals surface area contributed by atoms with Gasteiger partial charge >= 0.3 is 6.18 Å². The fourth-order valence-corrected chi connectivity index (χ4v) is 1.62. The third-order valence-electron chi connectivity index (χ3n) is 2.63. The van der Waals surface area contributed by atoms with Crippen LogP contribution in [0, 0.1) is 5.92 Å². The summed E-state index contributed by atoms with van der Waals surface area (Å²) in [7, 11) is 0. The lowest BCUT2D eigenvalue weighted by Crippen LogP contribution is -2.43. The van der Waals surface area contributed by atoms with E-state index in [0.29, 0.717) is 12.8 Å². The first-order chi connectivity index (χ1) is 7.07. The Kier molecular flexibility index (Phi) is 2.58. The maximum atomic E-state index is 12.6. The zero-order chi connectivity index (χ0) is 10.9. The summed E-state index contributed by atoms with van der Waals surface area (Å²) in [5, 5.41) is 5.91. The molecule has 0 aromatic carbocycles. The Hall–Kier alpha value is -1.20. The molecule has 1 aromatic rings. The first-order valence-electron chi connectivity index (χ1n) is 4.80. The number of hydrogen-bond acceptors (Lipinski definition) is 2. The molecule has 3 nitrogen and oxygen atoms in total. The summed E-state index contributed by atoms with van der Waals surface area (Å²) < 4.78 is 42.8. The fraction of sp³-hybridized carbons (Fsp3) is 0.667. The fourth-order valence-electron chi connectivity index (χ4n) is 1.62. The second-order valence-electron chi connectivity index (χ2n) is 3.69. The van der Waals surface area contributed by atoms with Crippen molar-refractivity contribution in [2.24, 2.45) is 5.92 Å². The van der Waals surface area contributed by atoms with Crippen molar-refractivity contribution in [2.75, 3.05) is 0 Å². The molecule has 84 valence electrons. The molecule has 0 bridgehead atoms. The van der Waals surface area contributed by atoms with E-state index < -0.39 is 18.2 Å². The molecule has 1 fully saturated rings. The Morgan fingerprint density at radius 2 is 2.20 bits per heavy atom. The molecule has 1 aliphatic rings. The largest absolute Gasteiger partial charge is 0.465 e. The van der Waals surface area contributed by atoms with Gasteiger partial charge in [-0.2, -0.15) is 18.3 Å². The van der Waals surface area contributed by atoms with Gasteiger partial charge in [0.1, 0.15) is 0 Å². The lowest BCUT2D eigenvalue weighted by atomic mass is 9.81. The Bertz CT molecular complexity index is 306. The van der Waals surface area contributed by atoms with Crippen LogP contribution >= 0.6 is 0 Å². The molecule has 2 rings (SSSR count). The molecule has 0 spiro atoms. The molecule has 1 aromatic heterocycles. The van der Waals surface area contributed by atoms with E-state index in [1.54, 1.807) is 0 Å². The lowest BCUT2D eigenvalue weighted by Gasteiger charge is -2.34. The van der Waals surface area contributed by atoms with Crippen molar-refractivity contribution in [2.45, 2.75) is 31.5 Å². The second-order valence-corrected chi connectivity index (χ2v) is 3.69. The van der Waals surface area contributed by atoms with Gasteiger partial charge in [-0.25, -0.2) is 5.10 Å². The molecule has 1 aliphatic carbocycles. The SMILES string of the molecule is FC(F)(F)C(Oc1ccn[nH]1)C1CCC1. The topological polar surface area (TPSA) is 37.9 Å². The minimum Gasteiger partial charge on any atom is -0.465 e. The average Bonchev–Trinajstić information content (AvgIpc) is 2.50. The van der Waals surface area contributed by atoms with Crippen LogP contribution in [0.1, 0.15) is 19.3 Å². The van der Waals surface area contributed by atoms with Crippen LogP contribution in [0.5, 0.6) is 5.88 Å². The van der Waals surface area contributed by atoms with Gasteiger partial charge < -0.3 is 4.74 Å². The minimum atomic E-state index is -4.31. The van der Waals surface area contributed by atoms with Gasteiger partial charge in [0.25, 0.3) is 0 Å². The zero-order valence-electron chi connectivity index (χ0n) is 7.92. The van der Waals surface area contributed by atoms with Crippen molar-refractivity contribution in [1.82, 2.24) is 10.2 Å². The smallest absolute Gasteiger partial charge is 0.425 e. The summed E-state index contributed by atoms with van der Waals surface area (Å²) in [5.74, 6) is -0.336. The molecular formula is C9H11F3N2O. The Labute approximate surface area is 84.6 Å². The summed E-state index contributed by atoms with van der Waals surface area (Å²) in [5.41, 5.74) is 0. The van der Waals surface area contributed by atoms with Gasteiger partial charge in [-0.3, -0.25) is 0 Å². The minimum absolute atomic E-state index is 0.0734. The number of nitrogens with one attached hydrogen (secondary N) is 1. The molecule has 1 saturated carbocycles. The van der Waals surface area contributed by atoms with Gasteiger partial charge in [0.05, 0.1) is 6.20 Å². The van der Waals surface area contributed by atoms with E-state index in [0.717, 1.165) is 6.42 Å². The molecule has 1 heterocycles. The predicted molar refractivity (Wildman–Crippen MR) is 46.4 cm³/mol.